The van der Waals surface area contributed by atoms with E-state index >= 15 is 0 Å². The maximum Gasteiger partial charge on any atom is 0.0606 e. The monoisotopic (exact) mass is 198 g/mol. The van der Waals surface area contributed by atoms with Crippen LogP contribution in [0.3, 0.4) is 0 Å². The maximum atomic E-state index is 5.96. The Kier molecular flexibility index (Phi) is 4.94. The van der Waals surface area contributed by atoms with E-state index in [1.54, 1.807) is 0 Å². The number of hydrogen-bond donors (Lipinski definition) is 0. The lowest BCUT2D eigenvalue weighted by atomic mass is 10.0. The zero-order valence-corrected chi connectivity index (χ0v) is 10.3. The summed E-state index contributed by atoms with van der Waals surface area (Å²) in [5, 5.41) is 0. The van der Waals surface area contributed by atoms with E-state index in [0.717, 1.165) is 11.8 Å². The molecule has 0 aliphatic heterocycles. The van der Waals surface area contributed by atoms with E-state index in [2.05, 4.69) is 27.7 Å². The molecular weight excluding hydrogens is 172 g/mol. The Morgan fingerprint density at radius 1 is 1.07 bits per heavy atom. The van der Waals surface area contributed by atoms with Crippen LogP contribution >= 0.6 is 0 Å². The van der Waals surface area contributed by atoms with Gasteiger partial charge in [-0.2, -0.15) is 0 Å². The molecule has 0 amide bonds. The Hall–Kier alpha value is -0.0400. The molecule has 0 radical (unpaired) electrons. The molecule has 0 aromatic rings. The van der Waals surface area contributed by atoms with Crippen molar-refractivity contribution in [1.29, 1.82) is 0 Å². The Morgan fingerprint density at radius 3 is 2.14 bits per heavy atom. The van der Waals surface area contributed by atoms with Gasteiger partial charge in [0, 0.05) is 0 Å². The molecule has 0 N–H and O–H groups in total. The largest absolute Gasteiger partial charge is 0.375 e. The summed E-state index contributed by atoms with van der Waals surface area (Å²) in [6.45, 7) is 8.90. The first-order valence-corrected chi connectivity index (χ1v) is 6.25. The molecule has 0 saturated heterocycles. The molecule has 0 aromatic heterocycles. The molecule has 1 aliphatic carbocycles. The van der Waals surface area contributed by atoms with Crippen LogP contribution in [0.15, 0.2) is 0 Å². The Morgan fingerprint density at radius 2 is 1.71 bits per heavy atom. The fourth-order valence-corrected chi connectivity index (χ4v) is 1.96. The van der Waals surface area contributed by atoms with Crippen LogP contribution in [0.1, 0.15) is 59.8 Å². The lowest BCUT2D eigenvalue weighted by molar-refractivity contribution is -0.0110. The summed E-state index contributed by atoms with van der Waals surface area (Å²) in [7, 11) is 0. The van der Waals surface area contributed by atoms with Gasteiger partial charge in [0.15, 0.2) is 0 Å². The van der Waals surface area contributed by atoms with Crippen LogP contribution in [0.4, 0.5) is 0 Å². The van der Waals surface area contributed by atoms with Gasteiger partial charge in [0.2, 0.25) is 0 Å². The van der Waals surface area contributed by atoms with E-state index < -0.39 is 0 Å². The minimum atomic E-state index is 0.402. The van der Waals surface area contributed by atoms with Crippen LogP contribution in [0, 0.1) is 11.8 Å². The van der Waals surface area contributed by atoms with Crippen LogP contribution < -0.4 is 0 Å². The summed E-state index contributed by atoms with van der Waals surface area (Å²) in [5.74, 6) is 1.73. The molecule has 0 bridgehead atoms. The van der Waals surface area contributed by atoms with Crippen molar-refractivity contribution < 1.29 is 4.74 Å². The molecule has 14 heavy (non-hydrogen) atoms. The van der Waals surface area contributed by atoms with Crippen molar-refractivity contribution in [1.82, 2.24) is 0 Å². The topological polar surface area (TPSA) is 9.23 Å². The lowest BCUT2D eigenvalue weighted by Crippen LogP contribution is -2.20. The molecule has 84 valence electrons. The minimum absolute atomic E-state index is 0.402. The van der Waals surface area contributed by atoms with Gasteiger partial charge in [0.1, 0.15) is 0 Å². The van der Waals surface area contributed by atoms with Crippen LogP contribution in [0.5, 0.6) is 0 Å². The fourth-order valence-electron chi connectivity index (χ4n) is 1.96. The molecule has 1 heteroatoms. The van der Waals surface area contributed by atoms with Gasteiger partial charge in [-0.1, -0.05) is 26.7 Å². The molecule has 1 rings (SSSR count). The standard InChI is InChI=1S/C13H26O/c1-10(2)6-5-7-13(12-8-9-12)14-11(3)4/h10-13H,5-9H2,1-4H3/t13-/m1/s1. The van der Waals surface area contributed by atoms with Crippen molar-refractivity contribution in [2.24, 2.45) is 11.8 Å². The summed E-state index contributed by atoms with van der Waals surface area (Å²) in [6, 6.07) is 0. The summed E-state index contributed by atoms with van der Waals surface area (Å²) < 4.78 is 5.96. The van der Waals surface area contributed by atoms with Gasteiger partial charge in [0.25, 0.3) is 0 Å². The third-order valence-electron chi connectivity index (χ3n) is 2.86. The molecule has 1 saturated carbocycles. The minimum Gasteiger partial charge on any atom is -0.375 e. The van der Waals surface area contributed by atoms with Gasteiger partial charge < -0.3 is 4.74 Å². The summed E-state index contributed by atoms with van der Waals surface area (Å²) in [6.07, 6.45) is 7.74. The van der Waals surface area contributed by atoms with E-state index in [0.29, 0.717) is 12.2 Å². The number of hydrogen-bond acceptors (Lipinski definition) is 1. The van der Waals surface area contributed by atoms with Crippen LogP contribution in [0.2, 0.25) is 0 Å². The second-order valence-corrected chi connectivity index (χ2v) is 5.39. The third-order valence-corrected chi connectivity index (χ3v) is 2.86. The lowest BCUT2D eigenvalue weighted by Gasteiger charge is -2.20. The van der Waals surface area contributed by atoms with Crippen molar-refractivity contribution >= 4 is 0 Å². The second kappa shape index (κ2) is 5.75. The van der Waals surface area contributed by atoms with Crippen molar-refractivity contribution in [3.8, 4) is 0 Å². The highest BCUT2D eigenvalue weighted by atomic mass is 16.5. The first-order valence-electron chi connectivity index (χ1n) is 6.25. The van der Waals surface area contributed by atoms with E-state index in [9.17, 15) is 0 Å². The van der Waals surface area contributed by atoms with Gasteiger partial charge in [-0.3, -0.25) is 0 Å². The van der Waals surface area contributed by atoms with Gasteiger partial charge in [-0.15, -0.1) is 0 Å². The molecule has 1 nitrogen and oxygen atoms in total. The molecule has 1 aliphatic rings. The predicted octanol–water partition coefficient (Wildman–Crippen LogP) is 4.02. The molecule has 1 fully saturated rings. The highest BCUT2D eigenvalue weighted by Gasteiger charge is 2.31. The van der Waals surface area contributed by atoms with Gasteiger partial charge in [0.05, 0.1) is 12.2 Å². The Balaban J connectivity index is 2.15. The van der Waals surface area contributed by atoms with Crippen LogP contribution in [0.25, 0.3) is 0 Å². The SMILES string of the molecule is CC(C)CCC[C@@H](OC(C)C)C1CC1. The van der Waals surface area contributed by atoms with Crippen molar-refractivity contribution in [3.05, 3.63) is 0 Å². The molecule has 0 heterocycles. The molecule has 0 spiro atoms. The first-order chi connectivity index (χ1) is 6.59. The quantitative estimate of drug-likeness (QED) is 0.600. The smallest absolute Gasteiger partial charge is 0.0606 e. The van der Waals surface area contributed by atoms with Crippen molar-refractivity contribution in [2.75, 3.05) is 0 Å². The summed E-state index contributed by atoms with van der Waals surface area (Å²) in [4.78, 5) is 0. The Labute approximate surface area is 89.2 Å². The molecule has 0 aromatic carbocycles. The summed E-state index contributed by atoms with van der Waals surface area (Å²) in [5.41, 5.74) is 0. The maximum absolute atomic E-state index is 5.96. The van der Waals surface area contributed by atoms with E-state index in [-0.39, 0.29) is 0 Å². The average molecular weight is 198 g/mol. The highest BCUT2D eigenvalue weighted by molar-refractivity contribution is 4.82. The van der Waals surface area contributed by atoms with Crippen LogP contribution in [-0.4, -0.2) is 12.2 Å². The molecular formula is C13H26O. The average Bonchev–Trinajstić information content (AvgIpc) is 2.83. The fraction of sp³-hybridized carbons (Fsp3) is 1.00. The van der Waals surface area contributed by atoms with E-state index in [1.165, 1.54) is 32.1 Å². The Bertz CT molecular complexity index is 147. The van der Waals surface area contributed by atoms with Crippen LogP contribution in [-0.2, 0) is 4.74 Å². The van der Waals surface area contributed by atoms with Crippen molar-refractivity contribution in [2.45, 2.75) is 72.0 Å². The van der Waals surface area contributed by atoms with Gasteiger partial charge in [-0.25, -0.2) is 0 Å². The number of rotatable bonds is 7. The molecule has 0 unspecified atom stereocenters. The zero-order valence-electron chi connectivity index (χ0n) is 10.3. The third kappa shape index (κ3) is 4.99. The molecule has 1 atom stereocenters. The summed E-state index contributed by atoms with van der Waals surface area (Å²) >= 11 is 0. The van der Waals surface area contributed by atoms with E-state index in [1.807, 2.05) is 0 Å². The van der Waals surface area contributed by atoms with Gasteiger partial charge >= 0.3 is 0 Å². The predicted molar refractivity (Wildman–Crippen MR) is 61.4 cm³/mol. The first kappa shape index (κ1) is 12.0. The van der Waals surface area contributed by atoms with Crippen molar-refractivity contribution in [3.63, 3.8) is 0 Å². The zero-order chi connectivity index (χ0) is 10.6. The number of ether oxygens (including phenoxy) is 1. The van der Waals surface area contributed by atoms with E-state index in [4.69, 9.17) is 4.74 Å². The second-order valence-electron chi connectivity index (χ2n) is 5.39. The van der Waals surface area contributed by atoms with Gasteiger partial charge in [-0.05, 0) is 44.9 Å². The highest BCUT2D eigenvalue weighted by Crippen LogP contribution is 2.37. The normalized spacial score (nSPS) is 19.3.